The molecule has 1 aromatic carbocycles. The first-order valence-electron chi connectivity index (χ1n) is 4.46. The molecular weight excluding hydrogens is 230 g/mol. The van der Waals surface area contributed by atoms with Crippen molar-refractivity contribution in [3.63, 3.8) is 0 Å². The zero-order valence-electron chi connectivity index (χ0n) is 8.41. The lowest BCUT2D eigenvalue weighted by atomic mass is 10.4. The fraction of sp³-hybridized carbons (Fsp3) is 0.111. The number of sulfonamides is 1. The number of nitrogens with one attached hydrogen (secondary N) is 1. The van der Waals surface area contributed by atoms with Gasteiger partial charge in [-0.05, 0) is 17.3 Å². The molecule has 0 aliphatic carbocycles. The molecule has 0 bridgehead atoms. The lowest BCUT2D eigenvalue weighted by molar-refractivity contribution is 0.395. The van der Waals surface area contributed by atoms with Crippen LogP contribution in [0, 0.1) is 6.92 Å². The topological polar surface area (TPSA) is 85.1 Å². The molecule has 1 N–H and O–H groups in total. The minimum atomic E-state index is -3.63. The van der Waals surface area contributed by atoms with E-state index in [9.17, 15) is 8.42 Å². The molecule has 0 unspecified atom stereocenters. The van der Waals surface area contributed by atoms with Gasteiger partial charge in [-0.2, -0.15) is 4.98 Å². The number of nitrogens with zero attached hydrogens (tertiary/aromatic N) is 2. The summed E-state index contributed by atoms with van der Waals surface area (Å²) in [6.07, 6.45) is 0. The second kappa shape index (κ2) is 3.93. The number of anilines is 1. The third-order valence-electron chi connectivity index (χ3n) is 1.81. The molecule has 0 radical (unpaired) electrons. The highest BCUT2D eigenvalue weighted by atomic mass is 32.2. The van der Waals surface area contributed by atoms with E-state index in [4.69, 9.17) is 0 Å². The standard InChI is InChI=1S/C9H9N3O3S/c1-7-10-9(11-15-7)12-16(13,14)8-5-3-2-4-6-8/h2-6H,1H3,(H,11,12). The molecule has 1 heterocycles. The van der Waals surface area contributed by atoms with Crippen molar-refractivity contribution in [2.45, 2.75) is 11.8 Å². The monoisotopic (exact) mass is 239 g/mol. The van der Waals surface area contributed by atoms with Crippen LogP contribution >= 0.6 is 0 Å². The molecule has 0 fully saturated rings. The van der Waals surface area contributed by atoms with Gasteiger partial charge in [-0.1, -0.05) is 18.2 Å². The van der Waals surface area contributed by atoms with Crippen molar-refractivity contribution in [2.75, 3.05) is 4.72 Å². The summed E-state index contributed by atoms with van der Waals surface area (Å²) in [6.45, 7) is 1.58. The average molecular weight is 239 g/mol. The Morgan fingerprint density at radius 3 is 2.50 bits per heavy atom. The molecule has 1 aromatic heterocycles. The van der Waals surface area contributed by atoms with Crippen LogP contribution in [0.2, 0.25) is 0 Å². The second-order valence-corrected chi connectivity index (χ2v) is 4.74. The van der Waals surface area contributed by atoms with E-state index in [1.807, 2.05) is 0 Å². The van der Waals surface area contributed by atoms with Crippen molar-refractivity contribution in [3.8, 4) is 0 Å². The minimum Gasteiger partial charge on any atom is -0.338 e. The first-order chi connectivity index (χ1) is 7.58. The van der Waals surface area contributed by atoms with E-state index in [1.54, 1.807) is 25.1 Å². The Hall–Kier alpha value is -1.89. The predicted octanol–water partition coefficient (Wildman–Crippen LogP) is 1.18. The SMILES string of the molecule is Cc1nc(NS(=O)(=O)c2ccccc2)no1. The van der Waals surface area contributed by atoms with E-state index in [0.717, 1.165) is 0 Å². The highest BCUT2D eigenvalue weighted by Gasteiger charge is 2.16. The van der Waals surface area contributed by atoms with Gasteiger partial charge < -0.3 is 4.52 Å². The average Bonchev–Trinajstić information content (AvgIpc) is 2.64. The van der Waals surface area contributed by atoms with Gasteiger partial charge in [0, 0.05) is 6.92 Å². The number of aromatic nitrogens is 2. The quantitative estimate of drug-likeness (QED) is 0.869. The summed E-state index contributed by atoms with van der Waals surface area (Å²) in [5.41, 5.74) is 0. The molecule has 6 nitrogen and oxygen atoms in total. The Morgan fingerprint density at radius 1 is 1.25 bits per heavy atom. The van der Waals surface area contributed by atoms with Crippen LogP contribution in [0.5, 0.6) is 0 Å². The number of hydrogen-bond acceptors (Lipinski definition) is 5. The van der Waals surface area contributed by atoms with Crippen LogP contribution in [0.15, 0.2) is 39.8 Å². The first kappa shape index (κ1) is 10.6. The smallest absolute Gasteiger partial charge is 0.277 e. The van der Waals surface area contributed by atoms with Crippen LogP contribution in [0.4, 0.5) is 5.95 Å². The van der Waals surface area contributed by atoms with Crippen molar-refractivity contribution < 1.29 is 12.9 Å². The normalized spacial score (nSPS) is 11.3. The van der Waals surface area contributed by atoms with Gasteiger partial charge in [0.25, 0.3) is 16.0 Å². The summed E-state index contributed by atoms with van der Waals surface area (Å²) >= 11 is 0. The zero-order chi connectivity index (χ0) is 11.6. The van der Waals surface area contributed by atoms with E-state index >= 15 is 0 Å². The molecule has 0 aliphatic heterocycles. The fourth-order valence-corrected chi connectivity index (χ4v) is 2.08. The van der Waals surface area contributed by atoms with Crippen LogP contribution < -0.4 is 4.72 Å². The van der Waals surface area contributed by atoms with Crippen molar-refractivity contribution in [2.24, 2.45) is 0 Å². The minimum absolute atomic E-state index is 0.0682. The Labute approximate surface area is 92.3 Å². The molecule has 0 saturated heterocycles. The van der Waals surface area contributed by atoms with Crippen molar-refractivity contribution in [1.82, 2.24) is 10.1 Å². The summed E-state index contributed by atoms with van der Waals surface area (Å²) in [5, 5.41) is 3.45. The van der Waals surface area contributed by atoms with Gasteiger partial charge in [-0.3, -0.25) is 0 Å². The van der Waals surface area contributed by atoms with Gasteiger partial charge >= 0.3 is 0 Å². The number of rotatable bonds is 3. The Balaban J connectivity index is 2.28. The van der Waals surface area contributed by atoms with E-state index in [1.165, 1.54) is 12.1 Å². The van der Waals surface area contributed by atoms with Gasteiger partial charge in [-0.15, -0.1) is 0 Å². The largest absolute Gasteiger partial charge is 0.338 e. The maximum absolute atomic E-state index is 11.8. The van der Waals surface area contributed by atoms with Gasteiger partial charge in [0.1, 0.15) is 0 Å². The van der Waals surface area contributed by atoms with E-state index in [-0.39, 0.29) is 10.8 Å². The van der Waals surface area contributed by atoms with E-state index < -0.39 is 10.0 Å². The number of benzene rings is 1. The molecule has 0 atom stereocenters. The lowest BCUT2D eigenvalue weighted by Gasteiger charge is -2.02. The second-order valence-electron chi connectivity index (χ2n) is 3.06. The molecule has 0 spiro atoms. The summed E-state index contributed by atoms with van der Waals surface area (Å²) < 4.78 is 30.4. The molecular formula is C9H9N3O3S. The molecule has 7 heteroatoms. The maximum Gasteiger partial charge on any atom is 0.277 e. The highest BCUT2D eigenvalue weighted by molar-refractivity contribution is 7.92. The van der Waals surface area contributed by atoms with Crippen LogP contribution in [0.3, 0.4) is 0 Å². The third-order valence-corrected chi connectivity index (χ3v) is 3.15. The van der Waals surface area contributed by atoms with Crippen molar-refractivity contribution >= 4 is 16.0 Å². The lowest BCUT2D eigenvalue weighted by Crippen LogP contribution is -2.13. The first-order valence-corrected chi connectivity index (χ1v) is 5.94. The van der Waals surface area contributed by atoms with Crippen LogP contribution in [0.25, 0.3) is 0 Å². The summed E-state index contributed by atoms with van der Waals surface area (Å²) in [6, 6.07) is 7.97. The van der Waals surface area contributed by atoms with Crippen molar-refractivity contribution in [3.05, 3.63) is 36.2 Å². The van der Waals surface area contributed by atoms with Gasteiger partial charge in [0.15, 0.2) is 0 Å². The molecule has 0 amide bonds. The van der Waals surface area contributed by atoms with Crippen molar-refractivity contribution in [1.29, 1.82) is 0 Å². The van der Waals surface area contributed by atoms with E-state index in [0.29, 0.717) is 5.89 Å². The predicted molar refractivity (Wildman–Crippen MR) is 56.3 cm³/mol. The third kappa shape index (κ3) is 2.19. The summed E-state index contributed by atoms with van der Waals surface area (Å²) in [4.78, 5) is 3.90. The van der Waals surface area contributed by atoms with E-state index in [2.05, 4.69) is 19.4 Å². The van der Waals surface area contributed by atoms with Crippen LogP contribution in [-0.4, -0.2) is 18.6 Å². The molecule has 16 heavy (non-hydrogen) atoms. The molecule has 2 rings (SSSR count). The van der Waals surface area contributed by atoms with Gasteiger partial charge in [0.05, 0.1) is 4.90 Å². The van der Waals surface area contributed by atoms with Crippen LogP contribution in [0.1, 0.15) is 5.89 Å². The maximum atomic E-state index is 11.8. The Morgan fingerprint density at radius 2 is 1.94 bits per heavy atom. The van der Waals surface area contributed by atoms with Gasteiger partial charge in [-0.25, -0.2) is 13.1 Å². The Kier molecular flexibility index (Phi) is 2.61. The molecule has 0 aliphatic rings. The fourth-order valence-electron chi connectivity index (χ4n) is 1.12. The Bertz CT molecular complexity index is 577. The molecule has 0 saturated carbocycles. The molecule has 2 aromatic rings. The molecule has 84 valence electrons. The highest BCUT2D eigenvalue weighted by Crippen LogP contribution is 2.12. The van der Waals surface area contributed by atoms with Gasteiger partial charge in [0.2, 0.25) is 5.89 Å². The zero-order valence-corrected chi connectivity index (χ0v) is 9.23. The summed E-state index contributed by atoms with van der Waals surface area (Å²) in [5.74, 6) is 0.229. The summed E-state index contributed by atoms with van der Waals surface area (Å²) in [7, 11) is -3.63. The number of aryl methyl sites for hydroxylation is 1. The van der Waals surface area contributed by atoms with Crippen LogP contribution in [-0.2, 0) is 10.0 Å². The number of hydrogen-bond donors (Lipinski definition) is 1.